The van der Waals surface area contributed by atoms with Gasteiger partial charge >= 0.3 is 6.18 Å². The molecule has 0 bridgehead atoms. The van der Waals surface area contributed by atoms with Crippen LogP contribution in [0.4, 0.5) is 13.2 Å². The molecule has 1 heterocycles. The van der Waals surface area contributed by atoms with E-state index in [0.29, 0.717) is 26.2 Å². The molecule has 1 aliphatic rings. The molecule has 2 rings (SSSR count). The minimum atomic E-state index is -4.29. The van der Waals surface area contributed by atoms with Crippen LogP contribution in [-0.2, 0) is 16.4 Å². The Morgan fingerprint density at radius 1 is 1.10 bits per heavy atom. The first-order valence-electron chi connectivity index (χ1n) is 6.16. The van der Waals surface area contributed by atoms with Crippen LogP contribution in [0.15, 0.2) is 29.2 Å². The molecule has 1 saturated heterocycles. The van der Waals surface area contributed by atoms with Gasteiger partial charge in [-0.15, -0.1) is 0 Å². The number of nitrogens with one attached hydrogen (secondary N) is 1. The molecule has 4 nitrogen and oxygen atoms in total. The quantitative estimate of drug-likeness (QED) is 0.918. The Morgan fingerprint density at radius 2 is 1.65 bits per heavy atom. The van der Waals surface area contributed by atoms with Crippen molar-refractivity contribution in [2.45, 2.75) is 17.5 Å². The number of halogens is 3. The zero-order valence-electron chi connectivity index (χ0n) is 10.7. The van der Waals surface area contributed by atoms with E-state index in [1.807, 2.05) is 0 Å². The highest BCUT2D eigenvalue weighted by Gasteiger charge is 2.29. The molecule has 1 aromatic carbocycles. The number of rotatable bonds is 3. The van der Waals surface area contributed by atoms with E-state index >= 15 is 0 Å². The summed E-state index contributed by atoms with van der Waals surface area (Å²) in [5, 5.41) is 3.04. The summed E-state index contributed by atoms with van der Waals surface area (Å²) in [6.07, 6.45) is -5.35. The van der Waals surface area contributed by atoms with Crippen molar-refractivity contribution < 1.29 is 21.6 Å². The van der Waals surface area contributed by atoms with Crippen molar-refractivity contribution in [2.75, 3.05) is 26.2 Å². The van der Waals surface area contributed by atoms with Crippen LogP contribution in [0.2, 0.25) is 0 Å². The number of nitrogens with zero attached hydrogens (tertiary/aromatic N) is 1. The van der Waals surface area contributed by atoms with Gasteiger partial charge in [0.05, 0.1) is 11.3 Å². The first-order chi connectivity index (χ1) is 9.29. The van der Waals surface area contributed by atoms with Crippen molar-refractivity contribution in [1.29, 1.82) is 0 Å². The van der Waals surface area contributed by atoms with Crippen LogP contribution >= 0.6 is 0 Å². The molecule has 0 amide bonds. The van der Waals surface area contributed by atoms with Gasteiger partial charge in [-0.3, -0.25) is 0 Å². The maximum absolute atomic E-state index is 12.3. The van der Waals surface area contributed by atoms with Gasteiger partial charge in [0.25, 0.3) is 0 Å². The maximum Gasteiger partial charge on any atom is 0.393 e. The summed E-state index contributed by atoms with van der Waals surface area (Å²) in [6, 6.07) is 4.89. The predicted molar refractivity (Wildman–Crippen MR) is 67.8 cm³/mol. The first kappa shape index (κ1) is 15.3. The standard InChI is InChI=1S/C12H15F3N2O2S/c13-12(14,15)9-10-1-3-11(4-2-10)20(18,19)17-7-5-16-6-8-17/h1-4,16H,5-9H2. The van der Waals surface area contributed by atoms with Crippen LogP contribution in [0.3, 0.4) is 0 Å². The minimum absolute atomic E-state index is 0.0327. The van der Waals surface area contributed by atoms with E-state index in [-0.39, 0.29) is 10.5 Å². The molecule has 1 N–H and O–H groups in total. The number of hydrogen-bond donors (Lipinski definition) is 1. The molecule has 20 heavy (non-hydrogen) atoms. The first-order valence-corrected chi connectivity index (χ1v) is 7.60. The molecule has 1 aromatic rings. The minimum Gasteiger partial charge on any atom is -0.314 e. The van der Waals surface area contributed by atoms with E-state index in [2.05, 4.69) is 5.32 Å². The van der Waals surface area contributed by atoms with Crippen molar-refractivity contribution in [3.8, 4) is 0 Å². The van der Waals surface area contributed by atoms with Crippen molar-refractivity contribution in [1.82, 2.24) is 9.62 Å². The molecule has 1 aliphatic heterocycles. The highest BCUT2D eigenvalue weighted by Crippen LogP contribution is 2.23. The van der Waals surface area contributed by atoms with Gasteiger partial charge in [-0.25, -0.2) is 8.42 Å². The summed E-state index contributed by atoms with van der Waals surface area (Å²) >= 11 is 0. The number of benzene rings is 1. The normalized spacial score (nSPS) is 18.1. The Hall–Kier alpha value is -1.12. The lowest BCUT2D eigenvalue weighted by Crippen LogP contribution is -2.46. The highest BCUT2D eigenvalue weighted by atomic mass is 32.2. The molecule has 0 spiro atoms. The molecule has 8 heteroatoms. The van der Waals surface area contributed by atoms with Gasteiger partial charge in [-0.05, 0) is 17.7 Å². The van der Waals surface area contributed by atoms with Crippen LogP contribution in [0, 0.1) is 0 Å². The van der Waals surface area contributed by atoms with Crippen LogP contribution in [0.5, 0.6) is 0 Å². The molecule has 112 valence electrons. The maximum atomic E-state index is 12.3. The summed E-state index contributed by atoms with van der Waals surface area (Å²) in [5.41, 5.74) is 0.0526. The van der Waals surface area contributed by atoms with Gasteiger partial charge in [0, 0.05) is 26.2 Å². The zero-order valence-corrected chi connectivity index (χ0v) is 11.5. The van der Waals surface area contributed by atoms with E-state index < -0.39 is 22.6 Å². The monoisotopic (exact) mass is 308 g/mol. The topological polar surface area (TPSA) is 49.4 Å². The van der Waals surface area contributed by atoms with Gasteiger partial charge in [-0.1, -0.05) is 12.1 Å². The summed E-state index contributed by atoms with van der Waals surface area (Å²) in [4.78, 5) is 0.0327. The lowest BCUT2D eigenvalue weighted by molar-refractivity contribution is -0.127. The van der Waals surface area contributed by atoms with Crippen LogP contribution < -0.4 is 5.32 Å². The molecule has 0 unspecified atom stereocenters. The smallest absolute Gasteiger partial charge is 0.314 e. The average Bonchev–Trinajstić information content (AvgIpc) is 2.38. The fraction of sp³-hybridized carbons (Fsp3) is 0.500. The number of sulfonamides is 1. The van der Waals surface area contributed by atoms with Crippen molar-refractivity contribution in [3.63, 3.8) is 0 Å². The Labute approximate surface area is 115 Å². The summed E-state index contributed by atoms with van der Waals surface area (Å²) in [5.74, 6) is 0. The summed E-state index contributed by atoms with van der Waals surface area (Å²) < 4.78 is 62.6. The van der Waals surface area contributed by atoms with Gasteiger partial charge in [0.15, 0.2) is 0 Å². The molecule has 0 aliphatic carbocycles. The Bertz CT molecular complexity index is 549. The zero-order chi connectivity index (χ0) is 14.8. The second-order valence-electron chi connectivity index (χ2n) is 4.59. The van der Waals surface area contributed by atoms with E-state index in [1.54, 1.807) is 0 Å². The fourth-order valence-corrected chi connectivity index (χ4v) is 3.49. The summed E-state index contributed by atoms with van der Waals surface area (Å²) in [7, 11) is -3.61. The molecule has 0 aromatic heterocycles. The van der Waals surface area contributed by atoms with Gasteiger partial charge < -0.3 is 5.32 Å². The molecular formula is C12H15F3N2O2S. The van der Waals surface area contributed by atoms with E-state index in [4.69, 9.17) is 0 Å². The molecule has 0 atom stereocenters. The fourth-order valence-electron chi connectivity index (χ4n) is 2.04. The van der Waals surface area contributed by atoms with E-state index in [1.165, 1.54) is 28.6 Å². The van der Waals surface area contributed by atoms with Crippen molar-refractivity contribution >= 4 is 10.0 Å². The number of hydrogen-bond acceptors (Lipinski definition) is 3. The second-order valence-corrected chi connectivity index (χ2v) is 6.53. The second kappa shape index (κ2) is 5.71. The molecular weight excluding hydrogens is 293 g/mol. The number of piperazine rings is 1. The Balaban J connectivity index is 2.16. The molecule has 0 radical (unpaired) electrons. The number of alkyl halides is 3. The Morgan fingerprint density at radius 3 is 2.15 bits per heavy atom. The van der Waals surface area contributed by atoms with Gasteiger partial charge in [0.2, 0.25) is 10.0 Å². The SMILES string of the molecule is O=S(=O)(c1ccc(CC(F)(F)F)cc1)N1CCNCC1. The largest absolute Gasteiger partial charge is 0.393 e. The highest BCUT2D eigenvalue weighted by molar-refractivity contribution is 7.89. The molecule has 1 fully saturated rings. The van der Waals surface area contributed by atoms with Crippen LogP contribution in [0.25, 0.3) is 0 Å². The van der Waals surface area contributed by atoms with Crippen molar-refractivity contribution in [3.05, 3.63) is 29.8 Å². The van der Waals surface area contributed by atoms with E-state index in [9.17, 15) is 21.6 Å². The lowest BCUT2D eigenvalue weighted by Gasteiger charge is -2.26. The van der Waals surface area contributed by atoms with E-state index in [0.717, 1.165) is 0 Å². The lowest BCUT2D eigenvalue weighted by atomic mass is 10.1. The third-order valence-corrected chi connectivity index (χ3v) is 4.95. The van der Waals surface area contributed by atoms with Crippen LogP contribution in [-0.4, -0.2) is 45.1 Å². The van der Waals surface area contributed by atoms with Crippen LogP contribution in [0.1, 0.15) is 5.56 Å². The van der Waals surface area contributed by atoms with Gasteiger partial charge in [0.1, 0.15) is 0 Å². The van der Waals surface area contributed by atoms with Crippen molar-refractivity contribution in [2.24, 2.45) is 0 Å². The molecule has 0 saturated carbocycles. The Kier molecular flexibility index (Phi) is 4.36. The third-order valence-electron chi connectivity index (χ3n) is 3.04. The predicted octanol–water partition coefficient (Wildman–Crippen LogP) is 1.39. The average molecular weight is 308 g/mol. The summed E-state index contributed by atoms with van der Waals surface area (Å²) in [6.45, 7) is 1.88. The third kappa shape index (κ3) is 3.71. The van der Waals surface area contributed by atoms with Gasteiger partial charge in [-0.2, -0.15) is 17.5 Å².